The topological polar surface area (TPSA) is 54.0 Å². The number of hydrogen-bond acceptors (Lipinski definition) is 3. The number of nitrogens with one attached hydrogen (secondary N) is 2. The molecule has 0 aliphatic rings. The molecule has 0 bridgehead atoms. The van der Waals surface area contributed by atoms with Gasteiger partial charge in [0.1, 0.15) is 17.5 Å². The highest BCUT2D eigenvalue weighted by atomic mass is 35.5. The van der Waals surface area contributed by atoms with Gasteiger partial charge in [-0.25, -0.2) is 13.8 Å². The van der Waals surface area contributed by atoms with Crippen LogP contribution in [-0.2, 0) is 17.4 Å². The second kappa shape index (κ2) is 8.98. The van der Waals surface area contributed by atoms with Crippen LogP contribution in [0.2, 0.25) is 5.02 Å². The molecule has 0 saturated carbocycles. The molecule has 1 aromatic carbocycles. The van der Waals surface area contributed by atoms with E-state index in [1.807, 2.05) is 0 Å². The largest absolute Gasteiger partial charge is 0.417 e. The first-order valence-electron chi connectivity index (χ1n) is 7.83. The fourth-order valence-corrected chi connectivity index (χ4v) is 2.44. The number of halogens is 6. The third-order valence-corrected chi connectivity index (χ3v) is 3.76. The van der Waals surface area contributed by atoms with E-state index in [1.54, 1.807) is 0 Å². The molecular formula is C17H15ClF5N3O. The van der Waals surface area contributed by atoms with E-state index in [9.17, 15) is 26.7 Å². The number of anilines is 1. The second-order valence-electron chi connectivity index (χ2n) is 5.61. The van der Waals surface area contributed by atoms with Crippen LogP contribution in [-0.4, -0.2) is 24.0 Å². The first kappa shape index (κ1) is 20.9. The van der Waals surface area contributed by atoms with Gasteiger partial charge in [-0.05, 0) is 30.2 Å². The van der Waals surface area contributed by atoms with Gasteiger partial charge >= 0.3 is 6.18 Å². The summed E-state index contributed by atoms with van der Waals surface area (Å²) in [6.07, 6.45) is -3.64. The summed E-state index contributed by atoms with van der Waals surface area (Å²) in [5, 5.41) is 5.04. The molecule has 0 unspecified atom stereocenters. The Morgan fingerprint density at radius 3 is 2.33 bits per heavy atom. The molecule has 0 spiro atoms. The van der Waals surface area contributed by atoms with Crippen molar-refractivity contribution in [2.45, 2.75) is 19.0 Å². The molecule has 146 valence electrons. The molecule has 1 aromatic heterocycles. The number of rotatable bonds is 7. The summed E-state index contributed by atoms with van der Waals surface area (Å²) in [5.74, 6) is -1.70. The molecule has 2 N–H and O–H groups in total. The van der Waals surface area contributed by atoms with Crippen molar-refractivity contribution in [3.05, 3.63) is 58.2 Å². The van der Waals surface area contributed by atoms with Gasteiger partial charge in [0, 0.05) is 31.8 Å². The minimum absolute atomic E-state index is 0.0105. The van der Waals surface area contributed by atoms with Crippen molar-refractivity contribution < 1.29 is 26.7 Å². The fraction of sp³-hybridized carbons (Fsp3) is 0.294. The van der Waals surface area contributed by atoms with Gasteiger partial charge in [-0.15, -0.1) is 0 Å². The van der Waals surface area contributed by atoms with Crippen LogP contribution in [0.25, 0.3) is 0 Å². The molecule has 1 amide bonds. The molecule has 0 aliphatic carbocycles. The van der Waals surface area contributed by atoms with Crippen molar-refractivity contribution in [1.29, 1.82) is 0 Å². The number of hydrogen-bond donors (Lipinski definition) is 2. The first-order chi connectivity index (χ1) is 12.6. The van der Waals surface area contributed by atoms with E-state index < -0.39 is 23.4 Å². The number of amides is 1. The number of carbonyl (C=O) groups is 1. The fourth-order valence-electron chi connectivity index (χ4n) is 2.21. The van der Waals surface area contributed by atoms with Gasteiger partial charge in [-0.1, -0.05) is 11.6 Å². The minimum atomic E-state index is -4.54. The average Bonchev–Trinajstić information content (AvgIpc) is 2.54. The lowest BCUT2D eigenvalue weighted by Crippen LogP contribution is -2.27. The molecule has 0 radical (unpaired) electrons. The predicted molar refractivity (Wildman–Crippen MR) is 90.4 cm³/mol. The second-order valence-corrected chi connectivity index (χ2v) is 6.01. The van der Waals surface area contributed by atoms with Gasteiger partial charge in [0.25, 0.3) is 0 Å². The zero-order valence-electron chi connectivity index (χ0n) is 13.8. The summed E-state index contributed by atoms with van der Waals surface area (Å²) in [4.78, 5) is 15.3. The normalized spacial score (nSPS) is 11.3. The van der Waals surface area contributed by atoms with Crippen LogP contribution in [0.1, 0.15) is 17.5 Å². The number of pyridine rings is 1. The van der Waals surface area contributed by atoms with Crippen LogP contribution in [0.15, 0.2) is 30.5 Å². The summed E-state index contributed by atoms with van der Waals surface area (Å²) in [7, 11) is 0. The van der Waals surface area contributed by atoms with E-state index in [0.29, 0.717) is 11.8 Å². The van der Waals surface area contributed by atoms with E-state index in [2.05, 4.69) is 15.6 Å². The van der Waals surface area contributed by atoms with Gasteiger partial charge in [-0.3, -0.25) is 4.79 Å². The lowest BCUT2D eigenvalue weighted by Gasteiger charge is -2.11. The molecular weight excluding hydrogens is 393 g/mol. The van der Waals surface area contributed by atoms with E-state index in [-0.39, 0.29) is 42.7 Å². The first-order valence-corrected chi connectivity index (χ1v) is 8.21. The van der Waals surface area contributed by atoms with Gasteiger partial charge in [0.2, 0.25) is 5.91 Å². The van der Waals surface area contributed by atoms with Crippen LogP contribution < -0.4 is 10.6 Å². The molecule has 4 nitrogen and oxygen atoms in total. The Labute approximate surface area is 156 Å². The van der Waals surface area contributed by atoms with Crippen molar-refractivity contribution in [2.24, 2.45) is 0 Å². The van der Waals surface area contributed by atoms with Crippen molar-refractivity contribution in [3.63, 3.8) is 0 Å². The maximum absolute atomic E-state index is 13.0. The zero-order chi connectivity index (χ0) is 20.0. The number of carbonyl (C=O) groups excluding carboxylic acids is 1. The monoisotopic (exact) mass is 407 g/mol. The Morgan fingerprint density at radius 1 is 1.07 bits per heavy atom. The Hall–Kier alpha value is -2.42. The van der Waals surface area contributed by atoms with E-state index in [4.69, 9.17) is 11.6 Å². The van der Waals surface area contributed by atoms with E-state index in [0.717, 1.165) is 12.1 Å². The molecule has 10 heteroatoms. The van der Waals surface area contributed by atoms with Crippen LogP contribution in [0.4, 0.5) is 27.8 Å². The van der Waals surface area contributed by atoms with Gasteiger partial charge in [-0.2, -0.15) is 13.2 Å². The van der Waals surface area contributed by atoms with Crippen molar-refractivity contribution in [2.75, 3.05) is 18.4 Å². The Kier molecular flexibility index (Phi) is 6.95. The molecule has 0 atom stereocenters. The lowest BCUT2D eigenvalue weighted by atomic mass is 10.1. The molecule has 0 saturated heterocycles. The SMILES string of the molecule is O=C(CCNc1ncc(C(F)(F)F)cc1Cl)NCCc1cc(F)cc(F)c1. The van der Waals surface area contributed by atoms with Gasteiger partial charge in [0.05, 0.1) is 10.6 Å². The molecule has 0 fully saturated rings. The summed E-state index contributed by atoms with van der Waals surface area (Å²) in [6.45, 7) is 0.277. The summed E-state index contributed by atoms with van der Waals surface area (Å²) in [5.41, 5.74) is -0.559. The minimum Gasteiger partial charge on any atom is -0.368 e. The summed E-state index contributed by atoms with van der Waals surface area (Å²) < 4.78 is 63.7. The lowest BCUT2D eigenvalue weighted by molar-refractivity contribution is -0.137. The van der Waals surface area contributed by atoms with Crippen molar-refractivity contribution >= 4 is 23.3 Å². The third-order valence-electron chi connectivity index (χ3n) is 3.47. The number of nitrogens with zero attached hydrogens (tertiary/aromatic N) is 1. The Morgan fingerprint density at radius 2 is 1.74 bits per heavy atom. The van der Waals surface area contributed by atoms with Crippen molar-refractivity contribution in [1.82, 2.24) is 10.3 Å². The highest BCUT2D eigenvalue weighted by Crippen LogP contribution is 2.32. The molecule has 2 rings (SSSR count). The molecule has 0 aliphatic heterocycles. The molecule has 27 heavy (non-hydrogen) atoms. The maximum Gasteiger partial charge on any atom is 0.417 e. The highest BCUT2D eigenvalue weighted by Gasteiger charge is 2.31. The summed E-state index contributed by atoms with van der Waals surface area (Å²) >= 11 is 5.74. The van der Waals surface area contributed by atoms with Gasteiger partial charge < -0.3 is 10.6 Å². The quantitative estimate of drug-likeness (QED) is 0.677. The third kappa shape index (κ3) is 6.67. The number of aromatic nitrogens is 1. The van der Waals surface area contributed by atoms with Crippen LogP contribution in [0, 0.1) is 11.6 Å². The van der Waals surface area contributed by atoms with Crippen molar-refractivity contribution in [3.8, 4) is 0 Å². The van der Waals surface area contributed by atoms with E-state index >= 15 is 0 Å². The number of benzene rings is 1. The van der Waals surface area contributed by atoms with Crippen LogP contribution in [0.3, 0.4) is 0 Å². The van der Waals surface area contributed by atoms with Crippen LogP contribution in [0.5, 0.6) is 0 Å². The Bertz CT molecular complexity index is 793. The average molecular weight is 408 g/mol. The number of alkyl halides is 3. The molecule has 2 aromatic rings. The summed E-state index contributed by atoms with van der Waals surface area (Å²) in [6, 6.07) is 3.85. The highest BCUT2D eigenvalue weighted by molar-refractivity contribution is 6.32. The maximum atomic E-state index is 13.0. The van der Waals surface area contributed by atoms with Gasteiger partial charge in [0.15, 0.2) is 0 Å². The smallest absolute Gasteiger partial charge is 0.368 e. The molecule has 1 heterocycles. The zero-order valence-corrected chi connectivity index (χ0v) is 14.6. The predicted octanol–water partition coefficient (Wildman–Crippen LogP) is 4.19. The Balaban J connectivity index is 1.74. The van der Waals surface area contributed by atoms with Crippen LogP contribution >= 0.6 is 11.6 Å². The standard InChI is InChI=1S/C17H15ClF5N3O/c18-14-7-11(17(21,22)23)9-26-16(14)25-4-2-15(27)24-3-1-10-5-12(19)8-13(20)6-10/h5-9H,1-4H2,(H,24,27)(H,25,26). The van der Waals surface area contributed by atoms with E-state index in [1.165, 1.54) is 12.1 Å².